The van der Waals surface area contributed by atoms with Crippen LogP contribution in [-0.2, 0) is 6.54 Å². The van der Waals surface area contributed by atoms with Crippen LogP contribution in [0.4, 0.5) is 0 Å². The van der Waals surface area contributed by atoms with Gasteiger partial charge >= 0.3 is 0 Å². The van der Waals surface area contributed by atoms with Gasteiger partial charge in [-0.15, -0.1) is 0 Å². The maximum atomic E-state index is 8.78. The summed E-state index contributed by atoms with van der Waals surface area (Å²) in [5.41, 5.74) is 1.05. The molecule has 0 aliphatic carbocycles. The zero-order valence-electron chi connectivity index (χ0n) is 7.98. The lowest BCUT2D eigenvalue weighted by Gasteiger charge is -2.18. The molecule has 0 unspecified atom stereocenters. The largest absolute Gasteiger partial charge is 0.395 e. The molecule has 3 heteroatoms. The second-order valence-corrected chi connectivity index (χ2v) is 2.91. The highest BCUT2D eigenvalue weighted by molar-refractivity contribution is 5.03. The summed E-state index contributed by atoms with van der Waals surface area (Å²) in [4.78, 5) is 6.38. The van der Waals surface area contributed by atoms with Gasteiger partial charge in [0.2, 0.25) is 0 Å². The lowest BCUT2D eigenvalue weighted by atomic mass is 10.3. The van der Waals surface area contributed by atoms with E-state index in [9.17, 15) is 0 Å². The summed E-state index contributed by atoms with van der Waals surface area (Å²) in [5.74, 6) is 0. The van der Waals surface area contributed by atoms with Crippen molar-refractivity contribution in [2.45, 2.75) is 13.5 Å². The molecule has 72 valence electrons. The van der Waals surface area contributed by atoms with E-state index in [1.165, 1.54) is 0 Å². The average molecular weight is 180 g/mol. The second kappa shape index (κ2) is 5.67. The Hall–Kier alpha value is -0.930. The number of aliphatic hydroxyl groups is 1. The van der Waals surface area contributed by atoms with Crippen molar-refractivity contribution in [3.8, 4) is 0 Å². The van der Waals surface area contributed by atoms with Crippen LogP contribution in [0.25, 0.3) is 0 Å². The minimum Gasteiger partial charge on any atom is -0.395 e. The number of aliphatic hydroxyl groups excluding tert-OH is 1. The molecule has 13 heavy (non-hydrogen) atoms. The summed E-state index contributed by atoms with van der Waals surface area (Å²) >= 11 is 0. The van der Waals surface area contributed by atoms with E-state index in [0.29, 0.717) is 6.54 Å². The number of nitrogens with zero attached hydrogens (tertiary/aromatic N) is 2. The highest BCUT2D eigenvalue weighted by Crippen LogP contribution is 1.99. The van der Waals surface area contributed by atoms with E-state index in [2.05, 4.69) is 16.8 Å². The number of hydrogen-bond donors (Lipinski definition) is 1. The van der Waals surface area contributed by atoms with Crippen LogP contribution in [0.5, 0.6) is 0 Å². The van der Waals surface area contributed by atoms with Crippen molar-refractivity contribution in [3.63, 3.8) is 0 Å². The quantitative estimate of drug-likeness (QED) is 0.731. The van der Waals surface area contributed by atoms with Crippen LogP contribution in [0.1, 0.15) is 12.6 Å². The fourth-order valence-corrected chi connectivity index (χ4v) is 1.21. The van der Waals surface area contributed by atoms with Crippen molar-refractivity contribution in [1.29, 1.82) is 0 Å². The molecular formula is C10H16N2O. The Balaban J connectivity index is 2.46. The normalized spacial score (nSPS) is 10.7. The Bertz CT molecular complexity index is 226. The van der Waals surface area contributed by atoms with Gasteiger partial charge in [0.25, 0.3) is 0 Å². The monoisotopic (exact) mass is 180 g/mol. The third-order valence-electron chi connectivity index (χ3n) is 1.98. The summed E-state index contributed by atoms with van der Waals surface area (Å²) in [7, 11) is 0. The van der Waals surface area contributed by atoms with Crippen LogP contribution in [0.15, 0.2) is 24.4 Å². The average Bonchev–Trinajstić information content (AvgIpc) is 2.19. The van der Waals surface area contributed by atoms with Gasteiger partial charge in [0, 0.05) is 19.3 Å². The van der Waals surface area contributed by atoms with E-state index < -0.39 is 0 Å². The van der Waals surface area contributed by atoms with Crippen molar-refractivity contribution in [1.82, 2.24) is 9.88 Å². The molecule has 0 saturated heterocycles. The highest BCUT2D eigenvalue weighted by Gasteiger charge is 2.02. The fourth-order valence-electron chi connectivity index (χ4n) is 1.21. The molecule has 0 aliphatic rings. The van der Waals surface area contributed by atoms with E-state index in [1.54, 1.807) is 6.20 Å². The van der Waals surface area contributed by atoms with Crippen LogP contribution in [0, 0.1) is 0 Å². The molecule has 0 spiro atoms. The van der Waals surface area contributed by atoms with E-state index in [1.807, 2.05) is 18.2 Å². The predicted molar refractivity (Wildman–Crippen MR) is 52.3 cm³/mol. The van der Waals surface area contributed by atoms with Gasteiger partial charge in [0.1, 0.15) is 0 Å². The Morgan fingerprint density at radius 1 is 1.46 bits per heavy atom. The van der Waals surface area contributed by atoms with Gasteiger partial charge in [-0.3, -0.25) is 9.88 Å². The molecule has 0 atom stereocenters. The molecule has 1 aromatic heterocycles. The first kappa shape index (κ1) is 10.2. The van der Waals surface area contributed by atoms with Crippen LogP contribution < -0.4 is 0 Å². The minimum atomic E-state index is 0.209. The molecule has 3 nitrogen and oxygen atoms in total. The van der Waals surface area contributed by atoms with Gasteiger partial charge in [-0.2, -0.15) is 0 Å². The summed E-state index contributed by atoms with van der Waals surface area (Å²) in [5, 5.41) is 8.78. The molecule has 1 aromatic rings. The Kier molecular flexibility index (Phi) is 4.43. The van der Waals surface area contributed by atoms with Gasteiger partial charge in [0.15, 0.2) is 0 Å². The van der Waals surface area contributed by atoms with Crippen molar-refractivity contribution < 1.29 is 5.11 Å². The number of hydrogen-bond acceptors (Lipinski definition) is 3. The van der Waals surface area contributed by atoms with Crippen LogP contribution in [0.2, 0.25) is 0 Å². The third-order valence-corrected chi connectivity index (χ3v) is 1.98. The molecule has 0 aromatic carbocycles. The molecule has 1 heterocycles. The molecular weight excluding hydrogens is 164 g/mol. The number of likely N-dealkylation sites (N-methyl/N-ethyl adjacent to an activating group) is 1. The van der Waals surface area contributed by atoms with Gasteiger partial charge < -0.3 is 5.11 Å². The summed E-state index contributed by atoms with van der Waals surface area (Å²) < 4.78 is 0. The van der Waals surface area contributed by atoms with Crippen molar-refractivity contribution in [2.75, 3.05) is 19.7 Å². The van der Waals surface area contributed by atoms with Crippen molar-refractivity contribution in [3.05, 3.63) is 30.1 Å². The van der Waals surface area contributed by atoms with E-state index in [-0.39, 0.29) is 6.61 Å². The second-order valence-electron chi connectivity index (χ2n) is 2.91. The maximum Gasteiger partial charge on any atom is 0.0558 e. The van der Waals surface area contributed by atoms with Gasteiger partial charge in [-0.25, -0.2) is 0 Å². The van der Waals surface area contributed by atoms with Crippen LogP contribution in [-0.4, -0.2) is 34.7 Å². The van der Waals surface area contributed by atoms with Crippen LogP contribution in [0.3, 0.4) is 0 Å². The third kappa shape index (κ3) is 3.53. The summed E-state index contributed by atoms with van der Waals surface area (Å²) in [6.45, 7) is 4.77. The van der Waals surface area contributed by atoms with Gasteiger partial charge in [-0.1, -0.05) is 13.0 Å². The lowest BCUT2D eigenvalue weighted by molar-refractivity contribution is 0.195. The first-order valence-corrected chi connectivity index (χ1v) is 4.60. The molecule has 0 radical (unpaired) electrons. The first-order chi connectivity index (χ1) is 6.36. The molecule has 1 rings (SSSR count). The van der Waals surface area contributed by atoms with Crippen molar-refractivity contribution in [2.24, 2.45) is 0 Å². The molecule has 0 saturated carbocycles. The van der Waals surface area contributed by atoms with E-state index >= 15 is 0 Å². The Morgan fingerprint density at radius 3 is 2.85 bits per heavy atom. The Labute approximate surface area is 79.0 Å². The fraction of sp³-hybridized carbons (Fsp3) is 0.500. The molecule has 0 bridgehead atoms. The lowest BCUT2D eigenvalue weighted by Crippen LogP contribution is -2.26. The molecule has 0 amide bonds. The number of aromatic nitrogens is 1. The predicted octanol–water partition coefficient (Wildman–Crippen LogP) is 0.896. The first-order valence-electron chi connectivity index (χ1n) is 4.60. The highest BCUT2D eigenvalue weighted by atomic mass is 16.3. The van der Waals surface area contributed by atoms with Crippen LogP contribution >= 0.6 is 0 Å². The van der Waals surface area contributed by atoms with Gasteiger partial charge in [0.05, 0.1) is 12.3 Å². The zero-order valence-corrected chi connectivity index (χ0v) is 7.98. The Morgan fingerprint density at radius 2 is 2.31 bits per heavy atom. The smallest absolute Gasteiger partial charge is 0.0558 e. The summed E-state index contributed by atoms with van der Waals surface area (Å²) in [6, 6.07) is 5.89. The van der Waals surface area contributed by atoms with E-state index in [0.717, 1.165) is 18.8 Å². The molecule has 0 aliphatic heterocycles. The summed E-state index contributed by atoms with van der Waals surface area (Å²) in [6.07, 6.45) is 1.79. The van der Waals surface area contributed by atoms with Gasteiger partial charge in [-0.05, 0) is 18.7 Å². The number of pyridine rings is 1. The van der Waals surface area contributed by atoms with Crippen molar-refractivity contribution >= 4 is 0 Å². The maximum absolute atomic E-state index is 8.78. The van der Waals surface area contributed by atoms with E-state index in [4.69, 9.17) is 5.11 Å². The minimum absolute atomic E-state index is 0.209. The topological polar surface area (TPSA) is 36.4 Å². The standard InChI is InChI=1S/C10H16N2O/c1-2-12(7-8-13)9-10-5-3-4-6-11-10/h3-6,13H,2,7-9H2,1H3. The molecule has 0 fully saturated rings. The molecule has 1 N–H and O–H groups in total. The number of rotatable bonds is 5. The zero-order chi connectivity index (χ0) is 9.52. The SMILES string of the molecule is CCN(CCO)Cc1ccccn1.